The maximum atomic E-state index is 2.48. The third kappa shape index (κ3) is 4.20. The Morgan fingerprint density at radius 2 is 1.02 bits per heavy atom. The van der Waals surface area contributed by atoms with E-state index in [0.717, 1.165) is 11.4 Å². The number of anilines is 3. The smallest absolute Gasteiger partial charge is 0.0543 e. The van der Waals surface area contributed by atoms with Crippen LogP contribution in [0.2, 0.25) is 0 Å². The largest absolute Gasteiger partial charge is 0.310 e. The number of hydrogen-bond donors (Lipinski definition) is 0. The lowest BCUT2D eigenvalue weighted by molar-refractivity contribution is 0.465. The Morgan fingerprint density at radius 1 is 0.420 bits per heavy atom. The molecule has 3 atom stereocenters. The molecule has 10 rings (SSSR count). The maximum absolute atomic E-state index is 2.48. The standard InChI is InChI=1S/C49H35N/c1-3-15-34(16-4-1)36-29-31-38(32-30-36)50(39-20-13-19-37(33-39)35-17-5-2-6-18-35)47-28-14-27-46-48(47)42-23-9-12-26-45(42)49(46)43-24-10-7-21-40(43)41-22-8-11-25-44(41)49/h1-33,40,43H. The van der Waals surface area contributed by atoms with E-state index in [-0.39, 0.29) is 5.41 Å². The summed E-state index contributed by atoms with van der Waals surface area (Å²) in [5.74, 6) is 0.630. The van der Waals surface area contributed by atoms with Gasteiger partial charge in [-0.05, 0) is 80.4 Å². The number of benzene rings is 7. The fourth-order valence-corrected chi connectivity index (χ4v) is 9.14. The van der Waals surface area contributed by atoms with Crippen LogP contribution in [0.5, 0.6) is 0 Å². The molecule has 0 fully saturated rings. The zero-order valence-electron chi connectivity index (χ0n) is 27.7. The van der Waals surface area contributed by atoms with Crippen molar-refractivity contribution in [3.8, 4) is 33.4 Å². The highest BCUT2D eigenvalue weighted by Gasteiger charge is 2.57. The third-order valence-corrected chi connectivity index (χ3v) is 11.2. The van der Waals surface area contributed by atoms with Crippen molar-refractivity contribution in [3.63, 3.8) is 0 Å². The van der Waals surface area contributed by atoms with Crippen LogP contribution in [0, 0.1) is 5.92 Å². The molecule has 0 bridgehead atoms. The Labute approximate surface area is 294 Å². The lowest BCUT2D eigenvalue weighted by Crippen LogP contribution is -2.33. The number of nitrogens with zero attached hydrogens (tertiary/aromatic N) is 1. The highest BCUT2D eigenvalue weighted by atomic mass is 15.1. The van der Waals surface area contributed by atoms with Crippen molar-refractivity contribution in [1.29, 1.82) is 0 Å². The van der Waals surface area contributed by atoms with Gasteiger partial charge >= 0.3 is 0 Å². The summed E-state index contributed by atoms with van der Waals surface area (Å²) in [6.07, 6.45) is 9.37. The number of allylic oxidation sites excluding steroid dienone is 4. The zero-order chi connectivity index (χ0) is 33.1. The lowest BCUT2D eigenvalue weighted by Gasteiger charge is -2.36. The molecular formula is C49H35N. The summed E-state index contributed by atoms with van der Waals surface area (Å²) >= 11 is 0. The summed E-state index contributed by atoms with van der Waals surface area (Å²) in [6.45, 7) is 0. The molecule has 0 saturated carbocycles. The second-order valence-corrected chi connectivity index (χ2v) is 13.6. The van der Waals surface area contributed by atoms with E-state index in [2.05, 4.69) is 205 Å². The molecule has 50 heavy (non-hydrogen) atoms. The first-order valence-electron chi connectivity index (χ1n) is 17.6. The van der Waals surface area contributed by atoms with Crippen LogP contribution < -0.4 is 4.90 Å². The minimum absolute atomic E-state index is 0.279. The predicted octanol–water partition coefficient (Wildman–Crippen LogP) is 12.6. The number of hydrogen-bond acceptors (Lipinski definition) is 1. The molecule has 0 heterocycles. The van der Waals surface area contributed by atoms with Crippen molar-refractivity contribution in [3.05, 3.63) is 222 Å². The second-order valence-electron chi connectivity index (χ2n) is 13.6. The van der Waals surface area contributed by atoms with Gasteiger partial charge in [0.2, 0.25) is 0 Å². The lowest BCUT2D eigenvalue weighted by atomic mass is 9.65. The van der Waals surface area contributed by atoms with Crippen molar-refractivity contribution < 1.29 is 0 Å². The van der Waals surface area contributed by atoms with Gasteiger partial charge in [-0.15, -0.1) is 0 Å². The fraction of sp³-hybridized carbons (Fsp3) is 0.0612. The van der Waals surface area contributed by atoms with Gasteiger partial charge < -0.3 is 4.90 Å². The first-order chi connectivity index (χ1) is 24.8. The van der Waals surface area contributed by atoms with Crippen molar-refractivity contribution in [2.24, 2.45) is 5.92 Å². The van der Waals surface area contributed by atoms with Gasteiger partial charge in [-0.25, -0.2) is 0 Å². The molecule has 3 aliphatic carbocycles. The first-order valence-corrected chi connectivity index (χ1v) is 17.6. The van der Waals surface area contributed by atoms with Gasteiger partial charge in [-0.3, -0.25) is 0 Å². The topological polar surface area (TPSA) is 3.24 Å². The normalized spacial score (nSPS) is 19.1. The van der Waals surface area contributed by atoms with E-state index in [1.165, 1.54) is 61.3 Å². The van der Waals surface area contributed by atoms with E-state index >= 15 is 0 Å². The van der Waals surface area contributed by atoms with Crippen molar-refractivity contribution in [2.75, 3.05) is 4.90 Å². The molecule has 3 aliphatic rings. The molecule has 0 aromatic heterocycles. The van der Waals surface area contributed by atoms with Crippen LogP contribution in [-0.2, 0) is 5.41 Å². The quantitative estimate of drug-likeness (QED) is 0.182. The van der Waals surface area contributed by atoms with Crippen LogP contribution in [0.4, 0.5) is 17.1 Å². The van der Waals surface area contributed by atoms with Gasteiger partial charge in [0.25, 0.3) is 0 Å². The van der Waals surface area contributed by atoms with Gasteiger partial charge in [0.05, 0.1) is 11.1 Å². The highest BCUT2D eigenvalue weighted by Crippen LogP contribution is 2.66. The molecule has 1 heteroatoms. The summed E-state index contributed by atoms with van der Waals surface area (Å²) in [7, 11) is 0. The third-order valence-electron chi connectivity index (χ3n) is 11.2. The zero-order valence-corrected chi connectivity index (χ0v) is 27.7. The minimum atomic E-state index is -0.279. The van der Waals surface area contributed by atoms with Crippen LogP contribution in [0.15, 0.2) is 200 Å². The number of fused-ring (bicyclic) bond motifs is 10. The van der Waals surface area contributed by atoms with E-state index in [1.54, 1.807) is 0 Å². The summed E-state index contributed by atoms with van der Waals surface area (Å²) in [5, 5.41) is 0. The maximum Gasteiger partial charge on any atom is 0.0543 e. The molecule has 7 aromatic carbocycles. The molecular weight excluding hydrogens is 603 g/mol. The van der Waals surface area contributed by atoms with Crippen LogP contribution >= 0.6 is 0 Å². The summed E-state index contributed by atoms with van der Waals surface area (Å²) in [4.78, 5) is 2.48. The van der Waals surface area contributed by atoms with Crippen molar-refractivity contribution in [2.45, 2.75) is 11.3 Å². The molecule has 0 aliphatic heterocycles. The predicted molar refractivity (Wildman–Crippen MR) is 208 cm³/mol. The van der Waals surface area contributed by atoms with Crippen molar-refractivity contribution in [1.82, 2.24) is 0 Å². The molecule has 236 valence electrons. The molecule has 3 unspecified atom stereocenters. The van der Waals surface area contributed by atoms with E-state index in [4.69, 9.17) is 0 Å². The molecule has 0 amide bonds. The Kier molecular flexibility index (Phi) is 6.60. The van der Waals surface area contributed by atoms with Crippen LogP contribution in [0.3, 0.4) is 0 Å². The van der Waals surface area contributed by atoms with Gasteiger partial charge in [-0.1, -0.05) is 170 Å². The van der Waals surface area contributed by atoms with E-state index in [9.17, 15) is 0 Å². The molecule has 7 aromatic rings. The van der Waals surface area contributed by atoms with E-state index < -0.39 is 0 Å². The van der Waals surface area contributed by atoms with Gasteiger partial charge in [0.1, 0.15) is 0 Å². The van der Waals surface area contributed by atoms with Gasteiger partial charge in [0.15, 0.2) is 0 Å². The van der Waals surface area contributed by atoms with E-state index in [0.29, 0.717) is 11.8 Å². The van der Waals surface area contributed by atoms with Crippen LogP contribution in [0.25, 0.3) is 33.4 Å². The Hall–Kier alpha value is -6.18. The minimum Gasteiger partial charge on any atom is -0.310 e. The van der Waals surface area contributed by atoms with Gasteiger partial charge in [0, 0.05) is 28.8 Å². The molecule has 0 N–H and O–H groups in total. The van der Waals surface area contributed by atoms with Crippen LogP contribution in [-0.4, -0.2) is 0 Å². The van der Waals surface area contributed by atoms with E-state index in [1.807, 2.05) is 0 Å². The number of rotatable bonds is 5. The van der Waals surface area contributed by atoms with Crippen LogP contribution in [0.1, 0.15) is 28.2 Å². The van der Waals surface area contributed by atoms with Crippen molar-refractivity contribution >= 4 is 17.1 Å². The Morgan fingerprint density at radius 3 is 1.82 bits per heavy atom. The average molecular weight is 638 g/mol. The summed E-state index contributed by atoms with van der Waals surface area (Å²) in [5.41, 5.74) is 16.3. The Balaban J connectivity index is 1.23. The van der Waals surface area contributed by atoms with Gasteiger partial charge in [-0.2, -0.15) is 0 Å². The summed E-state index contributed by atoms with van der Waals surface area (Å²) < 4.78 is 0. The average Bonchev–Trinajstić information content (AvgIpc) is 3.67. The summed E-state index contributed by atoms with van der Waals surface area (Å²) in [6, 6.07) is 64.8. The SMILES string of the molecule is C1=CC2c3ccccc3C3(c4ccccc4-c4c(N(c5ccc(-c6ccccc6)cc5)c5cccc(-c6ccccc6)c5)cccc43)C2C=C1. The first kappa shape index (κ1) is 28.8. The second kappa shape index (κ2) is 11.5. The molecule has 1 nitrogen and oxygen atoms in total. The molecule has 1 spiro atoms. The molecule has 0 saturated heterocycles. The molecule has 0 radical (unpaired) electrons. The highest BCUT2D eigenvalue weighted by molar-refractivity contribution is 5.97. The Bertz CT molecular complexity index is 2440. The monoisotopic (exact) mass is 637 g/mol. The fourth-order valence-electron chi connectivity index (χ4n) is 9.14.